The van der Waals surface area contributed by atoms with Crippen LogP contribution >= 0.6 is 0 Å². The minimum absolute atomic E-state index is 0.107. The SMILES string of the molecule is C=CCN(CC=C)C(=O)c1ccc(NC(=O)C(N)C(C)CC)cc1. The molecule has 0 aliphatic carbocycles. The maximum absolute atomic E-state index is 12.4. The van der Waals surface area contributed by atoms with Crippen molar-refractivity contribution in [3.05, 3.63) is 55.1 Å². The molecule has 0 saturated carbocycles. The van der Waals surface area contributed by atoms with E-state index in [0.29, 0.717) is 24.3 Å². The molecule has 5 heteroatoms. The Balaban J connectivity index is 2.78. The van der Waals surface area contributed by atoms with E-state index in [0.717, 1.165) is 6.42 Å². The van der Waals surface area contributed by atoms with Crippen LogP contribution in [0.15, 0.2) is 49.6 Å². The molecule has 1 rings (SSSR count). The summed E-state index contributed by atoms with van der Waals surface area (Å²) in [5, 5.41) is 2.78. The van der Waals surface area contributed by atoms with Gasteiger partial charge < -0.3 is 16.0 Å². The van der Waals surface area contributed by atoms with Gasteiger partial charge >= 0.3 is 0 Å². The number of benzene rings is 1. The number of hydrogen-bond acceptors (Lipinski definition) is 3. The lowest BCUT2D eigenvalue weighted by atomic mass is 9.99. The molecule has 0 heterocycles. The molecule has 2 amide bonds. The summed E-state index contributed by atoms with van der Waals surface area (Å²) >= 11 is 0. The molecule has 3 N–H and O–H groups in total. The minimum atomic E-state index is -0.549. The van der Waals surface area contributed by atoms with Gasteiger partial charge in [-0.3, -0.25) is 9.59 Å². The molecule has 5 nitrogen and oxygen atoms in total. The standard InChI is InChI=1S/C19H27N3O2/c1-5-12-22(13-6-2)19(24)15-8-10-16(11-9-15)21-18(23)17(20)14(4)7-3/h5-6,8-11,14,17H,1-2,7,12-13,20H2,3-4H3,(H,21,23). The fourth-order valence-electron chi connectivity index (χ4n) is 2.17. The molecule has 1 aromatic carbocycles. The van der Waals surface area contributed by atoms with E-state index in [1.54, 1.807) is 41.3 Å². The highest BCUT2D eigenvalue weighted by molar-refractivity contribution is 5.97. The largest absolute Gasteiger partial charge is 0.331 e. The van der Waals surface area contributed by atoms with Crippen LogP contribution in [-0.2, 0) is 4.79 Å². The smallest absolute Gasteiger partial charge is 0.254 e. The highest BCUT2D eigenvalue weighted by atomic mass is 16.2. The Labute approximate surface area is 144 Å². The van der Waals surface area contributed by atoms with Crippen molar-refractivity contribution in [2.24, 2.45) is 11.7 Å². The summed E-state index contributed by atoms with van der Waals surface area (Å²) in [6.07, 6.45) is 4.18. The van der Waals surface area contributed by atoms with Gasteiger partial charge in [-0.1, -0.05) is 32.4 Å². The van der Waals surface area contributed by atoms with Crippen molar-refractivity contribution in [1.29, 1.82) is 0 Å². The molecular formula is C19H27N3O2. The van der Waals surface area contributed by atoms with Gasteiger partial charge in [0.05, 0.1) is 6.04 Å². The average Bonchev–Trinajstić information content (AvgIpc) is 2.60. The first-order chi connectivity index (χ1) is 11.4. The Hall–Kier alpha value is -2.40. The van der Waals surface area contributed by atoms with Gasteiger partial charge in [-0.05, 0) is 30.2 Å². The van der Waals surface area contributed by atoms with Crippen molar-refractivity contribution in [2.45, 2.75) is 26.3 Å². The lowest BCUT2D eigenvalue weighted by Gasteiger charge is -2.20. The van der Waals surface area contributed by atoms with Crippen LogP contribution in [0, 0.1) is 5.92 Å². The van der Waals surface area contributed by atoms with Gasteiger partial charge in [-0.25, -0.2) is 0 Å². The van der Waals surface area contributed by atoms with Crippen molar-refractivity contribution in [1.82, 2.24) is 4.90 Å². The van der Waals surface area contributed by atoms with Crippen LogP contribution in [0.5, 0.6) is 0 Å². The second-order valence-corrected chi connectivity index (χ2v) is 5.77. The summed E-state index contributed by atoms with van der Waals surface area (Å²) in [5.41, 5.74) is 7.08. The van der Waals surface area contributed by atoms with E-state index < -0.39 is 6.04 Å². The number of anilines is 1. The number of nitrogens with one attached hydrogen (secondary N) is 1. The summed E-state index contributed by atoms with van der Waals surface area (Å²) in [4.78, 5) is 26.1. The summed E-state index contributed by atoms with van der Waals surface area (Å²) in [6.45, 7) is 12.2. The zero-order valence-corrected chi connectivity index (χ0v) is 14.5. The van der Waals surface area contributed by atoms with E-state index >= 15 is 0 Å². The molecule has 0 aromatic heterocycles. The molecular weight excluding hydrogens is 302 g/mol. The number of hydrogen-bond donors (Lipinski definition) is 2. The van der Waals surface area contributed by atoms with Crippen LogP contribution in [0.2, 0.25) is 0 Å². The van der Waals surface area contributed by atoms with Crippen LogP contribution < -0.4 is 11.1 Å². The van der Waals surface area contributed by atoms with Gasteiger partial charge in [-0.2, -0.15) is 0 Å². The van der Waals surface area contributed by atoms with Gasteiger partial charge in [0.15, 0.2) is 0 Å². The third-order valence-corrected chi connectivity index (χ3v) is 3.95. The fraction of sp³-hybridized carbons (Fsp3) is 0.368. The number of carbonyl (C=O) groups excluding carboxylic acids is 2. The van der Waals surface area contributed by atoms with Crippen molar-refractivity contribution in [2.75, 3.05) is 18.4 Å². The van der Waals surface area contributed by atoms with Crippen LogP contribution in [-0.4, -0.2) is 35.8 Å². The predicted molar refractivity (Wildman–Crippen MR) is 98.8 cm³/mol. The van der Waals surface area contributed by atoms with Crippen molar-refractivity contribution < 1.29 is 9.59 Å². The van der Waals surface area contributed by atoms with E-state index in [-0.39, 0.29) is 17.7 Å². The highest BCUT2D eigenvalue weighted by Crippen LogP contribution is 2.14. The molecule has 2 unspecified atom stereocenters. The molecule has 0 fully saturated rings. The van der Waals surface area contributed by atoms with Crippen LogP contribution in [0.25, 0.3) is 0 Å². The first-order valence-electron chi connectivity index (χ1n) is 8.12. The van der Waals surface area contributed by atoms with Crippen molar-refractivity contribution >= 4 is 17.5 Å². The van der Waals surface area contributed by atoms with E-state index in [1.165, 1.54) is 0 Å². The molecule has 0 spiro atoms. The lowest BCUT2D eigenvalue weighted by molar-refractivity contribution is -0.118. The Morgan fingerprint density at radius 2 is 1.75 bits per heavy atom. The first kappa shape index (κ1) is 19.6. The monoisotopic (exact) mass is 329 g/mol. The Morgan fingerprint density at radius 3 is 2.21 bits per heavy atom. The number of rotatable bonds is 9. The predicted octanol–water partition coefficient (Wildman–Crippen LogP) is 2.81. The third-order valence-electron chi connectivity index (χ3n) is 3.95. The average molecular weight is 329 g/mol. The maximum atomic E-state index is 12.4. The number of carbonyl (C=O) groups is 2. The summed E-state index contributed by atoms with van der Waals surface area (Å²) in [5.74, 6) is -0.218. The van der Waals surface area contributed by atoms with E-state index in [1.807, 2.05) is 13.8 Å². The van der Waals surface area contributed by atoms with Crippen molar-refractivity contribution in [3.8, 4) is 0 Å². The highest BCUT2D eigenvalue weighted by Gasteiger charge is 2.19. The maximum Gasteiger partial charge on any atom is 0.254 e. The van der Waals surface area contributed by atoms with Gasteiger partial charge in [0.1, 0.15) is 0 Å². The van der Waals surface area contributed by atoms with E-state index in [2.05, 4.69) is 18.5 Å². The first-order valence-corrected chi connectivity index (χ1v) is 8.12. The normalized spacial score (nSPS) is 12.8. The minimum Gasteiger partial charge on any atom is -0.331 e. The Morgan fingerprint density at radius 1 is 1.21 bits per heavy atom. The molecule has 2 atom stereocenters. The number of nitrogens with zero attached hydrogens (tertiary/aromatic N) is 1. The summed E-state index contributed by atoms with van der Waals surface area (Å²) in [6, 6.07) is 6.23. The number of nitrogens with two attached hydrogens (primary N) is 1. The molecule has 130 valence electrons. The van der Waals surface area contributed by atoms with Gasteiger partial charge in [0.25, 0.3) is 5.91 Å². The third kappa shape index (κ3) is 5.35. The number of amides is 2. The lowest BCUT2D eigenvalue weighted by Crippen LogP contribution is -2.40. The van der Waals surface area contributed by atoms with Crippen LogP contribution in [0.1, 0.15) is 30.6 Å². The zero-order chi connectivity index (χ0) is 18.1. The zero-order valence-electron chi connectivity index (χ0n) is 14.5. The second-order valence-electron chi connectivity index (χ2n) is 5.77. The van der Waals surface area contributed by atoms with Crippen LogP contribution in [0.4, 0.5) is 5.69 Å². The topological polar surface area (TPSA) is 75.4 Å². The molecule has 0 aliphatic rings. The van der Waals surface area contributed by atoms with Gasteiger partial charge in [-0.15, -0.1) is 13.2 Å². The van der Waals surface area contributed by atoms with Gasteiger partial charge in [0.2, 0.25) is 5.91 Å². The van der Waals surface area contributed by atoms with Crippen LogP contribution in [0.3, 0.4) is 0 Å². The van der Waals surface area contributed by atoms with Gasteiger partial charge in [0, 0.05) is 24.3 Å². The quantitative estimate of drug-likeness (QED) is 0.684. The van der Waals surface area contributed by atoms with E-state index in [4.69, 9.17) is 5.73 Å². The Bertz CT molecular complexity index is 571. The summed E-state index contributed by atoms with van der Waals surface area (Å²) in [7, 11) is 0. The molecule has 0 radical (unpaired) electrons. The fourth-order valence-corrected chi connectivity index (χ4v) is 2.17. The summed E-state index contributed by atoms with van der Waals surface area (Å²) < 4.78 is 0. The second kappa shape index (κ2) is 9.67. The Kier molecular flexibility index (Phi) is 7.92. The molecule has 24 heavy (non-hydrogen) atoms. The van der Waals surface area contributed by atoms with E-state index in [9.17, 15) is 9.59 Å². The molecule has 0 saturated heterocycles. The molecule has 0 bridgehead atoms. The molecule has 1 aromatic rings. The van der Waals surface area contributed by atoms with Crippen molar-refractivity contribution in [3.63, 3.8) is 0 Å². The molecule has 0 aliphatic heterocycles.